The molecule has 152 valence electrons. The maximum atomic E-state index is 12.9. The average molecular weight is 456 g/mol. The van der Waals surface area contributed by atoms with Crippen LogP contribution in [0, 0.1) is 0 Å². The van der Waals surface area contributed by atoms with Crippen LogP contribution in [0.3, 0.4) is 0 Å². The summed E-state index contributed by atoms with van der Waals surface area (Å²) in [7, 11) is 0. The van der Waals surface area contributed by atoms with E-state index in [1.807, 2.05) is 42.5 Å². The molecule has 0 aliphatic carbocycles. The van der Waals surface area contributed by atoms with Gasteiger partial charge in [-0.1, -0.05) is 84.1 Å². The van der Waals surface area contributed by atoms with Crippen LogP contribution >= 0.6 is 35.6 Å². The van der Waals surface area contributed by atoms with Gasteiger partial charge in [-0.15, -0.1) is 0 Å². The average Bonchev–Trinajstić information content (AvgIpc) is 2.74. The molecule has 1 heterocycles. The number of carbonyl (C=O) groups excluding carboxylic acids is 1. The van der Waals surface area contributed by atoms with E-state index < -0.39 is 12.0 Å². The molecular weight excluding hydrogens is 438 g/mol. The van der Waals surface area contributed by atoms with Gasteiger partial charge in [-0.25, -0.2) is 4.79 Å². The highest BCUT2D eigenvalue weighted by Gasteiger charge is 2.39. The van der Waals surface area contributed by atoms with Crippen LogP contribution in [0.2, 0.25) is 5.02 Å². The van der Waals surface area contributed by atoms with Crippen molar-refractivity contribution in [2.24, 2.45) is 0 Å². The van der Waals surface area contributed by atoms with Gasteiger partial charge in [0, 0.05) is 28.3 Å². The Morgan fingerprint density at radius 3 is 2.57 bits per heavy atom. The topological polar surface area (TPSA) is 58.6 Å². The Morgan fingerprint density at radius 2 is 1.83 bits per heavy atom. The molecule has 0 saturated carbocycles. The third kappa shape index (κ3) is 4.61. The fourth-order valence-corrected chi connectivity index (χ4v) is 4.56. The first kappa shape index (κ1) is 20.7. The van der Waals surface area contributed by atoms with Crippen molar-refractivity contribution in [1.29, 1.82) is 0 Å². The minimum Gasteiger partial charge on any atom is -0.508 e. The lowest BCUT2D eigenvalue weighted by molar-refractivity contribution is -0.137. The summed E-state index contributed by atoms with van der Waals surface area (Å²) in [6, 6.07) is 21.4. The minimum atomic E-state index is -0.695. The van der Waals surface area contributed by atoms with Gasteiger partial charge in [0.2, 0.25) is 0 Å². The van der Waals surface area contributed by atoms with Crippen LogP contribution in [0.25, 0.3) is 0 Å². The number of phenolic OH excluding ortho intramolecular Hbond substituents is 1. The van der Waals surface area contributed by atoms with E-state index in [4.69, 9.17) is 28.6 Å². The number of thiocarbonyl (C=S) groups is 1. The van der Waals surface area contributed by atoms with Crippen LogP contribution < -0.4 is 10.1 Å². The number of rotatable bonds is 4. The first-order valence-electron chi connectivity index (χ1n) is 9.28. The van der Waals surface area contributed by atoms with Gasteiger partial charge in [-0.3, -0.25) is 0 Å². The van der Waals surface area contributed by atoms with Gasteiger partial charge in [0.25, 0.3) is 0 Å². The molecule has 4 nitrogen and oxygen atoms in total. The van der Waals surface area contributed by atoms with Gasteiger partial charge >= 0.3 is 5.97 Å². The maximum Gasteiger partial charge on any atom is 0.334 e. The number of thioether (sulfide) groups is 1. The van der Waals surface area contributed by atoms with E-state index in [9.17, 15) is 9.90 Å². The number of fused-ring (bicyclic) bond motifs is 1. The van der Waals surface area contributed by atoms with Crippen LogP contribution in [0.1, 0.15) is 22.6 Å². The fraction of sp³-hybridized carbons (Fsp3) is 0.130. The third-order valence-electron chi connectivity index (χ3n) is 4.85. The zero-order chi connectivity index (χ0) is 21.1. The van der Waals surface area contributed by atoms with E-state index in [1.165, 1.54) is 17.8 Å². The van der Waals surface area contributed by atoms with Crippen molar-refractivity contribution in [1.82, 2.24) is 5.32 Å². The van der Waals surface area contributed by atoms with Crippen molar-refractivity contribution in [2.45, 2.75) is 17.7 Å². The normalized spacial score (nSPS) is 17.7. The number of nitrogens with one attached hydrogen (secondary N) is 1. The van der Waals surface area contributed by atoms with Gasteiger partial charge in [0.15, 0.2) is 0 Å². The van der Waals surface area contributed by atoms with Crippen LogP contribution in [-0.4, -0.2) is 21.4 Å². The number of hydrogen-bond donors (Lipinski definition) is 2. The molecule has 7 heteroatoms. The number of ether oxygens (including phenoxy) is 1. The molecule has 0 radical (unpaired) electrons. The molecule has 1 aliphatic heterocycles. The summed E-state index contributed by atoms with van der Waals surface area (Å²) in [5.41, 5.74) is 2.84. The van der Waals surface area contributed by atoms with E-state index in [0.29, 0.717) is 20.8 Å². The summed E-state index contributed by atoms with van der Waals surface area (Å²) in [5, 5.41) is 13.6. The summed E-state index contributed by atoms with van der Waals surface area (Å²) < 4.78 is 6.02. The molecule has 2 atom stereocenters. The zero-order valence-electron chi connectivity index (χ0n) is 15.7. The lowest BCUT2D eigenvalue weighted by Crippen LogP contribution is -2.48. The Bertz CT molecular complexity index is 1070. The molecule has 0 saturated heterocycles. The van der Waals surface area contributed by atoms with Crippen LogP contribution in [-0.2, 0) is 10.5 Å². The molecule has 3 aromatic rings. The quantitative estimate of drug-likeness (QED) is 0.317. The number of aromatic hydroxyl groups is 1. The standard InChI is InChI=1S/C23H18ClNO3S2/c24-16-8-6-15(7-9-16)20-18-11-10-17(26)12-19(18)28-22(27)21(20)25-23(29)30-13-14-4-2-1-3-5-14/h1-12,20-21,26H,13H2,(H,25,29). The molecule has 2 N–H and O–H groups in total. The Morgan fingerprint density at radius 1 is 1.10 bits per heavy atom. The molecule has 1 aliphatic rings. The van der Waals surface area contributed by atoms with Crippen molar-refractivity contribution in [2.75, 3.05) is 0 Å². The summed E-state index contributed by atoms with van der Waals surface area (Å²) in [6.07, 6.45) is 0. The third-order valence-corrected chi connectivity index (χ3v) is 6.43. The first-order valence-corrected chi connectivity index (χ1v) is 11.1. The summed E-state index contributed by atoms with van der Waals surface area (Å²) in [5.74, 6) is 0.299. The fourth-order valence-electron chi connectivity index (χ4n) is 3.43. The number of phenols is 1. The predicted octanol–water partition coefficient (Wildman–Crippen LogP) is 5.27. The summed E-state index contributed by atoms with van der Waals surface area (Å²) in [6.45, 7) is 0. The lowest BCUT2D eigenvalue weighted by atomic mass is 9.83. The van der Waals surface area contributed by atoms with E-state index >= 15 is 0 Å². The van der Waals surface area contributed by atoms with Crippen LogP contribution in [0.4, 0.5) is 0 Å². The van der Waals surface area contributed by atoms with Crippen molar-refractivity contribution in [3.63, 3.8) is 0 Å². The molecule has 30 heavy (non-hydrogen) atoms. The molecule has 0 bridgehead atoms. The molecule has 0 fully saturated rings. The number of benzene rings is 3. The highest BCUT2D eigenvalue weighted by Crippen LogP contribution is 2.41. The monoisotopic (exact) mass is 455 g/mol. The van der Waals surface area contributed by atoms with Crippen molar-refractivity contribution in [3.8, 4) is 11.5 Å². The first-order chi connectivity index (χ1) is 14.5. The number of carbonyl (C=O) groups is 1. The highest BCUT2D eigenvalue weighted by molar-refractivity contribution is 8.22. The number of esters is 1. The smallest absolute Gasteiger partial charge is 0.334 e. The van der Waals surface area contributed by atoms with E-state index in [1.54, 1.807) is 24.3 Å². The van der Waals surface area contributed by atoms with Gasteiger partial charge in [-0.05, 0) is 29.3 Å². The molecule has 0 aromatic heterocycles. The predicted molar refractivity (Wildman–Crippen MR) is 124 cm³/mol. The van der Waals surface area contributed by atoms with E-state index in [0.717, 1.165) is 16.7 Å². The second kappa shape index (κ2) is 9.08. The van der Waals surface area contributed by atoms with Crippen molar-refractivity contribution >= 4 is 45.9 Å². The summed E-state index contributed by atoms with van der Waals surface area (Å²) in [4.78, 5) is 12.9. The molecular formula is C23H18ClNO3S2. The van der Waals surface area contributed by atoms with Gasteiger partial charge < -0.3 is 15.2 Å². The van der Waals surface area contributed by atoms with Gasteiger partial charge in [0.05, 0.1) is 0 Å². The van der Waals surface area contributed by atoms with Gasteiger partial charge in [0.1, 0.15) is 21.9 Å². The molecule has 2 unspecified atom stereocenters. The Labute approximate surface area is 189 Å². The minimum absolute atomic E-state index is 0.0387. The number of halogens is 1. The summed E-state index contributed by atoms with van der Waals surface area (Å²) >= 11 is 13.0. The van der Waals surface area contributed by atoms with Gasteiger partial charge in [-0.2, -0.15) is 0 Å². The molecule has 4 rings (SSSR count). The Hall–Kier alpha value is -2.54. The molecule has 3 aromatic carbocycles. The van der Waals surface area contributed by atoms with Crippen LogP contribution in [0.15, 0.2) is 72.8 Å². The van der Waals surface area contributed by atoms with E-state index in [-0.39, 0.29) is 11.7 Å². The zero-order valence-corrected chi connectivity index (χ0v) is 18.1. The van der Waals surface area contributed by atoms with Crippen molar-refractivity contribution in [3.05, 3.63) is 94.5 Å². The molecule has 0 spiro atoms. The van der Waals surface area contributed by atoms with E-state index in [2.05, 4.69) is 5.32 Å². The second-order valence-electron chi connectivity index (χ2n) is 6.86. The maximum absolute atomic E-state index is 12.9. The number of hydrogen-bond acceptors (Lipinski definition) is 5. The SMILES string of the molecule is O=C1Oc2cc(O)ccc2C(c2ccc(Cl)cc2)C1NC(=S)SCc1ccccc1. The second-order valence-corrected chi connectivity index (χ2v) is 8.94. The Balaban J connectivity index is 1.61. The highest BCUT2D eigenvalue weighted by atomic mass is 35.5. The van der Waals surface area contributed by atoms with Crippen molar-refractivity contribution < 1.29 is 14.6 Å². The largest absolute Gasteiger partial charge is 0.508 e. The van der Waals surface area contributed by atoms with Crippen LogP contribution in [0.5, 0.6) is 11.5 Å². The Kier molecular flexibility index (Phi) is 6.27. The molecule has 0 amide bonds. The lowest BCUT2D eigenvalue weighted by Gasteiger charge is -2.33.